The predicted molar refractivity (Wildman–Crippen MR) is 92.4 cm³/mol. The number of fused-ring (bicyclic) bond motifs is 2. The number of hydrogen-bond acceptors (Lipinski definition) is 4. The third-order valence-corrected chi connectivity index (χ3v) is 4.00. The lowest BCUT2D eigenvalue weighted by molar-refractivity contribution is 0.0991. The van der Waals surface area contributed by atoms with Crippen LogP contribution in [0.1, 0.15) is 20.7 Å². The number of rotatable bonds is 2. The van der Waals surface area contributed by atoms with Crippen molar-refractivity contribution >= 4 is 23.2 Å². The van der Waals surface area contributed by atoms with Crippen molar-refractivity contribution in [1.82, 2.24) is 0 Å². The molecule has 0 unspecified atom stereocenters. The summed E-state index contributed by atoms with van der Waals surface area (Å²) in [7, 11) is 1.67. The van der Waals surface area contributed by atoms with Gasteiger partial charge in [0.2, 0.25) is 0 Å². The molecule has 6 nitrogen and oxygen atoms in total. The average molecular weight is 334 g/mol. The molecule has 0 aliphatic carbocycles. The number of anilines is 2. The molecule has 25 heavy (non-hydrogen) atoms. The van der Waals surface area contributed by atoms with Gasteiger partial charge in [0, 0.05) is 12.7 Å². The first-order valence-electron chi connectivity index (χ1n) is 7.66. The molecule has 124 valence electrons. The molecule has 0 spiro atoms. The molecule has 0 bridgehead atoms. The second kappa shape index (κ2) is 5.83. The van der Waals surface area contributed by atoms with Crippen LogP contribution in [-0.4, -0.2) is 18.9 Å². The molecule has 0 saturated carbocycles. The zero-order valence-electron chi connectivity index (χ0n) is 13.4. The smallest absolute Gasteiger partial charge is 0.261 e. The van der Waals surface area contributed by atoms with Gasteiger partial charge in [0.1, 0.15) is 12.0 Å². The van der Waals surface area contributed by atoms with Crippen LogP contribution < -0.4 is 15.0 Å². The third-order valence-electron chi connectivity index (χ3n) is 4.00. The highest BCUT2D eigenvalue weighted by Gasteiger charge is 2.25. The Bertz CT molecular complexity index is 963. The molecule has 1 aliphatic heterocycles. The van der Waals surface area contributed by atoms with Gasteiger partial charge in [-0.1, -0.05) is 12.1 Å². The Labute approximate surface area is 143 Å². The first-order valence-corrected chi connectivity index (χ1v) is 7.66. The number of para-hydroxylation sites is 1. The van der Waals surface area contributed by atoms with Crippen LogP contribution in [0.5, 0.6) is 11.5 Å². The van der Waals surface area contributed by atoms with E-state index >= 15 is 0 Å². The summed E-state index contributed by atoms with van der Waals surface area (Å²) in [5, 5.41) is 2.78. The average Bonchev–Trinajstić information content (AvgIpc) is 3.14. The second-order valence-electron chi connectivity index (χ2n) is 5.61. The number of amides is 2. The zero-order chi connectivity index (χ0) is 17.4. The largest absolute Gasteiger partial charge is 0.472 e. The monoisotopic (exact) mass is 334 g/mol. The van der Waals surface area contributed by atoms with Crippen molar-refractivity contribution in [3.8, 4) is 11.5 Å². The molecule has 0 saturated heterocycles. The Hall–Kier alpha value is -3.54. The molecule has 2 amide bonds. The fourth-order valence-corrected chi connectivity index (χ4v) is 2.68. The minimum absolute atomic E-state index is 0.173. The lowest BCUT2D eigenvalue weighted by atomic mass is 10.2. The predicted octanol–water partition coefficient (Wildman–Crippen LogP) is 3.91. The molecule has 3 aromatic rings. The summed E-state index contributed by atoms with van der Waals surface area (Å²) in [4.78, 5) is 26.3. The van der Waals surface area contributed by atoms with Gasteiger partial charge in [-0.2, -0.15) is 0 Å². The van der Waals surface area contributed by atoms with Crippen molar-refractivity contribution in [2.75, 3.05) is 17.3 Å². The van der Waals surface area contributed by atoms with E-state index in [1.54, 1.807) is 49.5 Å². The summed E-state index contributed by atoms with van der Waals surface area (Å²) in [5.41, 5.74) is 2.04. The van der Waals surface area contributed by atoms with E-state index in [4.69, 9.17) is 9.15 Å². The maximum Gasteiger partial charge on any atom is 0.261 e. The van der Waals surface area contributed by atoms with Gasteiger partial charge in [-0.05, 0) is 36.4 Å². The van der Waals surface area contributed by atoms with Crippen LogP contribution in [0.25, 0.3) is 0 Å². The van der Waals surface area contributed by atoms with Gasteiger partial charge in [-0.25, -0.2) is 0 Å². The summed E-state index contributed by atoms with van der Waals surface area (Å²) in [5.74, 6) is 0.587. The van der Waals surface area contributed by atoms with E-state index in [0.29, 0.717) is 34.0 Å². The number of benzene rings is 2. The fourth-order valence-electron chi connectivity index (χ4n) is 2.68. The molecule has 1 aromatic heterocycles. The van der Waals surface area contributed by atoms with Gasteiger partial charge < -0.3 is 19.4 Å². The topological polar surface area (TPSA) is 71.8 Å². The summed E-state index contributed by atoms with van der Waals surface area (Å²) in [6.45, 7) is 0. The molecule has 2 aromatic carbocycles. The van der Waals surface area contributed by atoms with Gasteiger partial charge in [-0.15, -0.1) is 0 Å². The lowest BCUT2D eigenvalue weighted by Crippen LogP contribution is -2.25. The molecule has 6 heteroatoms. The molecular formula is C19H14N2O4. The second-order valence-corrected chi connectivity index (χ2v) is 5.61. The van der Waals surface area contributed by atoms with Crippen molar-refractivity contribution in [2.45, 2.75) is 0 Å². The Morgan fingerprint density at radius 1 is 1.08 bits per heavy atom. The van der Waals surface area contributed by atoms with Crippen molar-refractivity contribution in [3.05, 3.63) is 72.2 Å². The molecule has 0 radical (unpaired) electrons. The molecule has 4 rings (SSSR count). The van der Waals surface area contributed by atoms with Gasteiger partial charge in [0.25, 0.3) is 11.8 Å². The molecular weight excluding hydrogens is 320 g/mol. The summed E-state index contributed by atoms with van der Waals surface area (Å²) in [6.07, 6.45) is 2.80. The lowest BCUT2D eigenvalue weighted by Gasteiger charge is -2.17. The molecule has 0 fully saturated rings. The van der Waals surface area contributed by atoms with Crippen molar-refractivity contribution in [2.24, 2.45) is 0 Å². The highest BCUT2D eigenvalue weighted by Crippen LogP contribution is 2.39. The number of carbonyl (C=O) groups excluding carboxylic acids is 2. The summed E-state index contributed by atoms with van der Waals surface area (Å²) >= 11 is 0. The number of nitrogens with zero attached hydrogens (tertiary/aromatic N) is 1. The number of nitrogens with one attached hydrogen (secondary N) is 1. The van der Waals surface area contributed by atoms with E-state index in [0.717, 1.165) is 0 Å². The summed E-state index contributed by atoms with van der Waals surface area (Å²) in [6, 6.07) is 13.8. The SMILES string of the molecule is CN1C(=O)c2ccccc2Oc2ccc(NC(=O)c3ccoc3)cc21. The van der Waals surface area contributed by atoms with Crippen molar-refractivity contribution in [3.63, 3.8) is 0 Å². The van der Waals surface area contributed by atoms with E-state index in [9.17, 15) is 9.59 Å². The summed E-state index contributed by atoms with van der Waals surface area (Å²) < 4.78 is 10.8. The van der Waals surface area contributed by atoms with Crippen molar-refractivity contribution in [1.29, 1.82) is 0 Å². The Kier molecular flexibility index (Phi) is 3.50. The fraction of sp³-hybridized carbons (Fsp3) is 0.0526. The minimum atomic E-state index is -0.291. The maximum atomic E-state index is 12.7. The molecule has 1 N–H and O–H groups in total. The Morgan fingerprint density at radius 3 is 2.72 bits per heavy atom. The van der Waals surface area contributed by atoms with Crippen LogP contribution in [0.15, 0.2) is 65.5 Å². The normalized spacial score (nSPS) is 12.7. The zero-order valence-corrected chi connectivity index (χ0v) is 13.4. The molecule has 0 atom stereocenters. The Morgan fingerprint density at radius 2 is 1.92 bits per heavy atom. The van der Waals surface area contributed by atoms with E-state index in [1.165, 1.54) is 17.4 Å². The van der Waals surface area contributed by atoms with Crippen molar-refractivity contribution < 1.29 is 18.7 Å². The van der Waals surface area contributed by atoms with Gasteiger partial charge in [0.15, 0.2) is 5.75 Å². The van der Waals surface area contributed by atoms with E-state index in [2.05, 4.69) is 5.32 Å². The van der Waals surface area contributed by atoms with E-state index in [1.807, 2.05) is 6.07 Å². The number of hydrogen-bond donors (Lipinski definition) is 1. The first kappa shape index (κ1) is 15.0. The highest BCUT2D eigenvalue weighted by atomic mass is 16.5. The van der Waals surface area contributed by atoms with Crippen LogP contribution in [-0.2, 0) is 0 Å². The minimum Gasteiger partial charge on any atom is -0.472 e. The molecule has 1 aliphatic rings. The third kappa shape index (κ3) is 2.63. The first-order chi connectivity index (χ1) is 12.1. The van der Waals surface area contributed by atoms with Crippen LogP contribution >= 0.6 is 0 Å². The number of ether oxygens (including phenoxy) is 1. The standard InChI is InChI=1S/C19H14N2O4/c1-21-15-10-13(20-18(22)12-8-9-24-11-12)6-7-17(15)25-16-5-3-2-4-14(16)19(21)23/h2-11H,1H3,(H,20,22). The van der Waals surface area contributed by atoms with Gasteiger partial charge in [-0.3, -0.25) is 9.59 Å². The van der Waals surface area contributed by atoms with Gasteiger partial charge in [0.05, 0.1) is 23.1 Å². The van der Waals surface area contributed by atoms with Gasteiger partial charge >= 0.3 is 0 Å². The van der Waals surface area contributed by atoms with E-state index < -0.39 is 0 Å². The Balaban J connectivity index is 1.69. The van der Waals surface area contributed by atoms with E-state index in [-0.39, 0.29) is 11.8 Å². The quantitative estimate of drug-likeness (QED) is 0.771. The highest BCUT2D eigenvalue weighted by molar-refractivity contribution is 6.10. The number of carbonyl (C=O) groups is 2. The van der Waals surface area contributed by atoms with Crippen LogP contribution in [0, 0.1) is 0 Å². The van der Waals surface area contributed by atoms with Crippen LogP contribution in [0.4, 0.5) is 11.4 Å². The number of furan rings is 1. The maximum absolute atomic E-state index is 12.7. The van der Waals surface area contributed by atoms with Crippen LogP contribution in [0.3, 0.4) is 0 Å². The molecule has 2 heterocycles. The van der Waals surface area contributed by atoms with Crippen LogP contribution in [0.2, 0.25) is 0 Å².